The lowest BCUT2D eigenvalue weighted by atomic mass is 10.2. The van der Waals surface area contributed by atoms with E-state index in [0.29, 0.717) is 11.7 Å². The third-order valence-electron chi connectivity index (χ3n) is 5.63. The first-order valence-corrected chi connectivity index (χ1v) is 15.3. The van der Waals surface area contributed by atoms with E-state index in [4.69, 9.17) is 4.74 Å². The van der Waals surface area contributed by atoms with Gasteiger partial charge >= 0.3 is 0 Å². The minimum Gasteiger partial charge on any atom is -0.494 e. The van der Waals surface area contributed by atoms with Crippen LogP contribution in [0.2, 0.25) is 0 Å². The summed E-state index contributed by atoms with van der Waals surface area (Å²) in [5.74, 6) is 0.275. The van der Waals surface area contributed by atoms with Crippen LogP contribution in [0.3, 0.4) is 0 Å². The van der Waals surface area contributed by atoms with Gasteiger partial charge in [0.2, 0.25) is 15.2 Å². The largest absolute Gasteiger partial charge is 0.494 e. The Hall–Kier alpha value is -3.64. The Balaban J connectivity index is 1.68. The lowest BCUT2D eigenvalue weighted by molar-refractivity contribution is 0.0987. The van der Waals surface area contributed by atoms with Crippen molar-refractivity contribution in [2.24, 2.45) is 5.10 Å². The Bertz CT molecular complexity index is 1640. The number of benzene rings is 3. The van der Waals surface area contributed by atoms with Gasteiger partial charge in [-0.3, -0.25) is 4.79 Å². The molecule has 3 aromatic carbocycles. The number of amides is 1. The zero-order valence-electron chi connectivity index (χ0n) is 21.7. The fourth-order valence-corrected chi connectivity index (χ4v) is 6.56. The van der Waals surface area contributed by atoms with Crippen molar-refractivity contribution in [3.05, 3.63) is 108 Å². The number of hydrogen-bond acceptors (Lipinski definition) is 7. The lowest BCUT2D eigenvalue weighted by Crippen LogP contribution is -2.31. The predicted molar refractivity (Wildman–Crippen MR) is 165 cm³/mol. The highest BCUT2D eigenvalue weighted by atomic mass is 79.9. The monoisotopic (exact) mass is 638 g/mol. The van der Waals surface area contributed by atoms with Gasteiger partial charge in [-0.2, -0.15) is 14.4 Å². The summed E-state index contributed by atoms with van der Waals surface area (Å²) in [6.45, 7) is 10.0. The van der Waals surface area contributed by atoms with E-state index >= 15 is 0 Å². The van der Waals surface area contributed by atoms with E-state index in [-0.39, 0.29) is 23.5 Å². The fraction of sp³-hybridized carbons (Fsp3) is 0.138. The molecule has 0 fully saturated rings. The quantitative estimate of drug-likeness (QED) is 0.100. The summed E-state index contributed by atoms with van der Waals surface area (Å²) < 4.78 is 34.7. The normalized spacial score (nSPS) is 11.7. The highest BCUT2D eigenvalue weighted by Gasteiger charge is 2.25. The molecule has 0 atom stereocenters. The van der Waals surface area contributed by atoms with Crippen LogP contribution in [0.15, 0.2) is 107 Å². The molecule has 206 valence electrons. The standard InChI is InChI=1S/C29H27BrN4O4S2/c1-4-17-33(18-5-2)40(36,37)25-14-9-22(10-15-25)28(35)34(29-32-26-16-11-23(30)19-27(26)39-29)31-20-21-7-12-24(13-8-21)38-6-3/h4-5,7-16,19-20H,1-2,6,17-18H2,3H3/b31-20+. The third kappa shape index (κ3) is 6.73. The molecule has 0 spiro atoms. The lowest BCUT2D eigenvalue weighted by Gasteiger charge is -2.19. The van der Waals surface area contributed by atoms with Crippen molar-refractivity contribution >= 4 is 64.8 Å². The number of aromatic nitrogens is 1. The van der Waals surface area contributed by atoms with Crippen LogP contribution in [0.1, 0.15) is 22.8 Å². The zero-order valence-corrected chi connectivity index (χ0v) is 25.0. The molecule has 0 aliphatic rings. The first kappa shape index (κ1) is 29.3. The van der Waals surface area contributed by atoms with Crippen molar-refractivity contribution in [2.75, 3.05) is 24.7 Å². The topological polar surface area (TPSA) is 92.2 Å². The van der Waals surface area contributed by atoms with E-state index in [1.165, 1.54) is 57.1 Å². The Labute approximate surface area is 246 Å². The molecule has 8 nitrogen and oxygen atoms in total. The van der Waals surface area contributed by atoms with Crippen LogP contribution < -0.4 is 9.75 Å². The first-order chi connectivity index (χ1) is 19.3. The van der Waals surface area contributed by atoms with Crippen LogP contribution in [0.25, 0.3) is 10.2 Å². The molecule has 0 aliphatic carbocycles. The molecule has 0 aliphatic heterocycles. The van der Waals surface area contributed by atoms with Gasteiger partial charge in [0.15, 0.2) is 0 Å². The average molecular weight is 640 g/mol. The Kier molecular flexibility index (Phi) is 9.64. The SMILES string of the molecule is C=CCN(CC=C)S(=O)(=O)c1ccc(C(=O)N(/N=C/c2ccc(OCC)cc2)c2nc3ccc(Br)cc3s2)cc1. The molecule has 0 radical (unpaired) electrons. The van der Waals surface area contributed by atoms with Crippen molar-refractivity contribution < 1.29 is 17.9 Å². The summed E-state index contributed by atoms with van der Waals surface area (Å²) in [6, 6.07) is 18.7. The number of sulfonamides is 1. The highest BCUT2D eigenvalue weighted by molar-refractivity contribution is 9.10. The molecule has 11 heteroatoms. The number of carbonyl (C=O) groups is 1. The van der Waals surface area contributed by atoms with Gasteiger partial charge in [0, 0.05) is 23.1 Å². The van der Waals surface area contributed by atoms with Gasteiger partial charge in [0.1, 0.15) is 5.75 Å². The second-order valence-corrected chi connectivity index (χ2v) is 12.3. The second kappa shape index (κ2) is 13.1. The minimum absolute atomic E-state index is 0.0574. The van der Waals surface area contributed by atoms with Crippen molar-refractivity contribution in [2.45, 2.75) is 11.8 Å². The summed E-state index contributed by atoms with van der Waals surface area (Å²) >= 11 is 4.79. The van der Waals surface area contributed by atoms with E-state index in [2.05, 4.69) is 39.2 Å². The number of thiazole rings is 1. The van der Waals surface area contributed by atoms with Gasteiger partial charge in [-0.25, -0.2) is 13.4 Å². The molecule has 0 N–H and O–H groups in total. The number of rotatable bonds is 12. The predicted octanol–water partition coefficient (Wildman–Crippen LogP) is 6.50. The average Bonchev–Trinajstić information content (AvgIpc) is 3.37. The van der Waals surface area contributed by atoms with E-state index in [0.717, 1.165) is 26.0 Å². The van der Waals surface area contributed by atoms with Crippen LogP contribution in [-0.4, -0.2) is 49.5 Å². The van der Waals surface area contributed by atoms with Crippen molar-refractivity contribution in [3.8, 4) is 5.75 Å². The third-order valence-corrected chi connectivity index (χ3v) is 8.96. The number of hydrogen-bond donors (Lipinski definition) is 0. The van der Waals surface area contributed by atoms with Crippen LogP contribution >= 0.6 is 27.3 Å². The van der Waals surface area contributed by atoms with E-state index < -0.39 is 15.9 Å². The molecule has 0 saturated carbocycles. The van der Waals surface area contributed by atoms with Gasteiger partial charge in [-0.1, -0.05) is 39.4 Å². The molecule has 4 rings (SSSR count). The molecular weight excluding hydrogens is 612 g/mol. The number of ether oxygens (including phenoxy) is 1. The van der Waals surface area contributed by atoms with Crippen LogP contribution in [-0.2, 0) is 10.0 Å². The van der Waals surface area contributed by atoms with Crippen molar-refractivity contribution in [1.82, 2.24) is 9.29 Å². The van der Waals surface area contributed by atoms with E-state index in [1.54, 1.807) is 6.21 Å². The van der Waals surface area contributed by atoms with Crippen LogP contribution in [0.4, 0.5) is 5.13 Å². The minimum atomic E-state index is -3.80. The summed E-state index contributed by atoms with van der Waals surface area (Å²) in [5, 5.41) is 6.09. The number of nitrogens with zero attached hydrogens (tertiary/aromatic N) is 4. The van der Waals surface area contributed by atoms with E-state index in [9.17, 15) is 13.2 Å². The molecule has 1 amide bonds. The van der Waals surface area contributed by atoms with Crippen LogP contribution in [0, 0.1) is 0 Å². The van der Waals surface area contributed by atoms with Crippen LogP contribution in [0.5, 0.6) is 5.75 Å². The van der Waals surface area contributed by atoms with E-state index in [1.807, 2.05) is 49.4 Å². The maximum absolute atomic E-state index is 13.7. The van der Waals surface area contributed by atoms with Gasteiger partial charge in [0.25, 0.3) is 5.91 Å². The first-order valence-electron chi connectivity index (χ1n) is 12.3. The molecule has 4 aromatic rings. The number of anilines is 1. The van der Waals surface area contributed by atoms with Crippen molar-refractivity contribution in [3.63, 3.8) is 0 Å². The molecule has 0 saturated heterocycles. The Morgan fingerprint density at radius 1 is 1.05 bits per heavy atom. The Morgan fingerprint density at radius 2 is 1.73 bits per heavy atom. The Morgan fingerprint density at radius 3 is 2.35 bits per heavy atom. The van der Waals surface area contributed by atoms with Gasteiger partial charge < -0.3 is 4.74 Å². The zero-order chi connectivity index (χ0) is 28.7. The van der Waals surface area contributed by atoms with Gasteiger partial charge in [-0.15, -0.1) is 13.2 Å². The summed E-state index contributed by atoms with van der Waals surface area (Å²) in [4.78, 5) is 18.4. The molecule has 0 unspecified atom stereocenters. The number of carbonyl (C=O) groups excluding carboxylic acids is 1. The van der Waals surface area contributed by atoms with Gasteiger partial charge in [-0.05, 0) is 79.2 Å². The fourth-order valence-electron chi connectivity index (χ4n) is 3.71. The highest BCUT2D eigenvalue weighted by Crippen LogP contribution is 2.32. The summed E-state index contributed by atoms with van der Waals surface area (Å²) in [7, 11) is -3.80. The van der Waals surface area contributed by atoms with Crippen molar-refractivity contribution in [1.29, 1.82) is 0 Å². The molecule has 0 bridgehead atoms. The van der Waals surface area contributed by atoms with Gasteiger partial charge in [0.05, 0.1) is 27.9 Å². The number of hydrazone groups is 1. The maximum Gasteiger partial charge on any atom is 0.280 e. The molecular formula is C29H27BrN4O4S2. The second-order valence-electron chi connectivity index (χ2n) is 8.40. The maximum atomic E-state index is 13.7. The molecule has 1 heterocycles. The summed E-state index contributed by atoms with van der Waals surface area (Å²) in [5.41, 5.74) is 1.74. The molecule has 40 heavy (non-hydrogen) atoms. The smallest absolute Gasteiger partial charge is 0.280 e. The number of halogens is 1. The summed E-state index contributed by atoms with van der Waals surface area (Å²) in [6.07, 6.45) is 4.59. The molecule has 1 aromatic heterocycles. The number of fused-ring (bicyclic) bond motifs is 1.